The number of nitrogens with two attached hydrogens (primary N) is 1. The van der Waals surface area contributed by atoms with Crippen LogP contribution in [-0.2, 0) is 34.8 Å². The lowest BCUT2D eigenvalue weighted by Gasteiger charge is -2.17. The second kappa shape index (κ2) is 7.13. The van der Waals surface area contributed by atoms with Gasteiger partial charge >= 0.3 is 6.03 Å². The Morgan fingerprint density at radius 3 is 2.83 bits per heavy atom. The Morgan fingerprint density at radius 1 is 1.38 bits per heavy atom. The zero-order valence-corrected chi connectivity index (χ0v) is 17.9. The van der Waals surface area contributed by atoms with E-state index in [-0.39, 0.29) is 4.21 Å². The number of nitrogens with zero attached hydrogens (tertiary/aromatic N) is 2. The average molecular weight is 437 g/mol. The summed E-state index contributed by atoms with van der Waals surface area (Å²) in [7, 11) is -3.52. The van der Waals surface area contributed by atoms with Crippen LogP contribution in [0.4, 0.5) is 10.5 Å². The summed E-state index contributed by atoms with van der Waals surface area (Å²) in [4.78, 5) is 16.7. The molecule has 2 aromatic rings. The van der Waals surface area contributed by atoms with Crippen molar-refractivity contribution in [1.82, 2.24) is 4.98 Å². The van der Waals surface area contributed by atoms with Gasteiger partial charge in [0.05, 0.1) is 18.0 Å². The van der Waals surface area contributed by atoms with E-state index in [9.17, 15) is 19.2 Å². The maximum atomic E-state index is 12.9. The number of aromatic nitrogens is 1. The molecular weight excluding hydrogens is 412 g/mol. The fraction of sp³-hybridized carbons (Fsp3) is 0.474. The molecule has 1 unspecified atom stereocenters. The number of fused-ring (bicyclic) bond motifs is 2. The van der Waals surface area contributed by atoms with Crippen molar-refractivity contribution in [3.63, 3.8) is 0 Å². The number of anilines is 1. The second-order valence-corrected chi connectivity index (χ2v) is 11.1. The first-order valence-electron chi connectivity index (χ1n) is 9.46. The highest BCUT2D eigenvalue weighted by Gasteiger charge is 2.30. The molecule has 1 aromatic carbocycles. The van der Waals surface area contributed by atoms with Crippen LogP contribution in [0.2, 0.25) is 0 Å². The van der Waals surface area contributed by atoms with E-state index in [1.165, 1.54) is 11.8 Å². The fourth-order valence-corrected chi connectivity index (χ4v) is 6.03. The number of hydrogen-bond acceptors (Lipinski definition) is 6. The molecule has 10 heteroatoms. The lowest BCUT2D eigenvalue weighted by Crippen LogP contribution is -2.18. The van der Waals surface area contributed by atoms with Gasteiger partial charge in [0.25, 0.3) is 0 Å². The van der Waals surface area contributed by atoms with Crippen LogP contribution in [0.3, 0.4) is 0 Å². The maximum Gasteiger partial charge on any atom is 0.354 e. The number of amides is 2. The van der Waals surface area contributed by atoms with Gasteiger partial charge in [0.1, 0.15) is 14.8 Å². The van der Waals surface area contributed by atoms with Crippen molar-refractivity contribution in [3.8, 4) is 0 Å². The van der Waals surface area contributed by atoms with Gasteiger partial charge in [0.2, 0.25) is 0 Å². The van der Waals surface area contributed by atoms with E-state index in [1.54, 1.807) is 13.8 Å². The molecule has 2 amide bonds. The minimum atomic E-state index is -3.52. The maximum absolute atomic E-state index is 12.9. The van der Waals surface area contributed by atoms with Gasteiger partial charge in [-0.05, 0) is 62.6 Å². The standard InChI is InChI=1S/C19H24N4O4S2/c1-19(2,26)17-21-9-14(28-17)29(20,27)23-18(25)22-16-12-5-3-4-10(12)8-11-6-7-13(24)15(11)16/h8-9,13,24,26H,3-7H2,1-2H3,(H3,20,22,23,25,27)/t13-,29?/m0/s1. The minimum absolute atomic E-state index is 0.119. The van der Waals surface area contributed by atoms with Gasteiger partial charge in [-0.15, -0.1) is 15.7 Å². The first-order valence-corrected chi connectivity index (χ1v) is 11.9. The molecule has 8 nitrogen and oxygen atoms in total. The van der Waals surface area contributed by atoms with Crippen molar-refractivity contribution in [3.05, 3.63) is 39.5 Å². The predicted octanol–water partition coefficient (Wildman–Crippen LogP) is 2.77. The summed E-state index contributed by atoms with van der Waals surface area (Å²) in [6, 6.07) is 1.31. The molecule has 0 saturated carbocycles. The molecule has 1 aromatic heterocycles. The van der Waals surface area contributed by atoms with Crippen LogP contribution in [0.5, 0.6) is 0 Å². The molecule has 2 aliphatic carbocycles. The Hall–Kier alpha value is -1.85. The molecule has 0 fully saturated rings. The van der Waals surface area contributed by atoms with Crippen LogP contribution < -0.4 is 10.5 Å². The number of nitrogens with one attached hydrogen (secondary N) is 1. The van der Waals surface area contributed by atoms with Gasteiger partial charge in [-0.1, -0.05) is 6.07 Å². The van der Waals surface area contributed by atoms with Gasteiger partial charge in [-0.3, -0.25) is 0 Å². The van der Waals surface area contributed by atoms with Gasteiger partial charge in [-0.2, -0.15) is 0 Å². The quantitative estimate of drug-likeness (QED) is 0.586. The first-order chi connectivity index (χ1) is 13.6. The molecule has 2 atom stereocenters. The Labute approximate surface area is 173 Å². The molecule has 0 spiro atoms. The van der Waals surface area contributed by atoms with Gasteiger partial charge in [0.15, 0.2) is 9.92 Å². The number of rotatable bonds is 3. The third kappa shape index (κ3) is 3.82. The normalized spacial score (nSPS) is 20.1. The number of carbonyl (C=O) groups is 1. The van der Waals surface area contributed by atoms with Crippen LogP contribution in [0.25, 0.3) is 0 Å². The fourth-order valence-electron chi connectivity index (χ4n) is 3.97. The molecule has 156 valence electrons. The monoisotopic (exact) mass is 436 g/mol. The molecule has 0 aliphatic heterocycles. The van der Waals surface area contributed by atoms with Crippen LogP contribution in [0, 0.1) is 0 Å². The Bertz CT molecular complexity index is 1110. The molecule has 29 heavy (non-hydrogen) atoms. The van der Waals surface area contributed by atoms with Gasteiger partial charge < -0.3 is 15.5 Å². The number of thiazole rings is 1. The second-order valence-electron chi connectivity index (χ2n) is 8.00. The number of urea groups is 1. The summed E-state index contributed by atoms with van der Waals surface area (Å²) in [6.07, 6.45) is 4.76. The highest BCUT2D eigenvalue weighted by molar-refractivity contribution is 7.93. The van der Waals surface area contributed by atoms with Gasteiger partial charge in [-0.25, -0.2) is 19.1 Å². The number of aryl methyl sites for hydroxylation is 2. The molecule has 1 heterocycles. The summed E-state index contributed by atoms with van der Waals surface area (Å²) < 4.78 is 16.7. The summed E-state index contributed by atoms with van der Waals surface area (Å²) in [6.45, 7) is 3.11. The molecule has 5 N–H and O–H groups in total. The van der Waals surface area contributed by atoms with E-state index in [0.717, 1.165) is 53.7 Å². The van der Waals surface area contributed by atoms with Crippen LogP contribution >= 0.6 is 11.3 Å². The van der Waals surface area contributed by atoms with E-state index in [0.29, 0.717) is 17.1 Å². The van der Waals surface area contributed by atoms with E-state index >= 15 is 0 Å². The number of aliphatic hydroxyl groups is 2. The zero-order chi connectivity index (χ0) is 21.0. The summed E-state index contributed by atoms with van der Waals surface area (Å²) in [5, 5.41) is 29.4. The molecule has 0 bridgehead atoms. The van der Waals surface area contributed by atoms with Crippen LogP contribution in [0.15, 0.2) is 20.8 Å². The lowest BCUT2D eigenvalue weighted by atomic mass is 9.98. The summed E-state index contributed by atoms with van der Waals surface area (Å²) in [5.74, 6) is 0. The van der Waals surface area contributed by atoms with E-state index in [4.69, 9.17) is 5.14 Å². The number of hydrogen-bond donors (Lipinski definition) is 4. The van der Waals surface area contributed by atoms with E-state index in [1.807, 2.05) is 0 Å². The lowest BCUT2D eigenvalue weighted by molar-refractivity contribution is 0.0783. The van der Waals surface area contributed by atoms with Crippen molar-refractivity contribution < 1.29 is 19.2 Å². The SMILES string of the molecule is CC(C)(O)c1ncc(S(N)(=O)=NC(=O)Nc2c3c(cc4c2[C@@H](O)CC4)CCC3)s1. The van der Waals surface area contributed by atoms with Gasteiger partial charge in [0, 0.05) is 5.56 Å². The number of benzene rings is 1. The molecular formula is C19H24N4O4S2. The summed E-state index contributed by atoms with van der Waals surface area (Å²) in [5.41, 5.74) is 3.35. The molecule has 0 saturated heterocycles. The third-order valence-electron chi connectivity index (χ3n) is 5.29. The molecule has 2 aliphatic rings. The highest BCUT2D eigenvalue weighted by Crippen LogP contribution is 2.43. The number of aliphatic hydroxyl groups excluding tert-OH is 1. The largest absolute Gasteiger partial charge is 0.388 e. The molecule has 4 rings (SSSR count). The smallest absolute Gasteiger partial charge is 0.354 e. The number of carbonyl (C=O) groups excluding carboxylic acids is 1. The average Bonchev–Trinajstić information content (AvgIpc) is 3.33. The Balaban J connectivity index is 1.67. The third-order valence-corrected chi connectivity index (χ3v) is 8.48. The van der Waals surface area contributed by atoms with E-state index < -0.39 is 27.7 Å². The Kier molecular flexibility index (Phi) is 5.02. The van der Waals surface area contributed by atoms with Crippen LogP contribution in [0.1, 0.15) is 60.1 Å². The van der Waals surface area contributed by atoms with Crippen molar-refractivity contribution in [2.45, 2.75) is 61.9 Å². The predicted molar refractivity (Wildman–Crippen MR) is 111 cm³/mol. The zero-order valence-electron chi connectivity index (χ0n) is 16.3. The van der Waals surface area contributed by atoms with Crippen molar-refractivity contribution >= 4 is 33.0 Å². The highest BCUT2D eigenvalue weighted by atomic mass is 32.2. The topological polar surface area (TPSA) is 138 Å². The molecule has 0 radical (unpaired) electrons. The first kappa shape index (κ1) is 20.4. The van der Waals surface area contributed by atoms with Crippen molar-refractivity contribution in [2.75, 3.05) is 5.32 Å². The van der Waals surface area contributed by atoms with Crippen molar-refractivity contribution in [2.24, 2.45) is 9.50 Å². The van der Waals surface area contributed by atoms with E-state index in [2.05, 4.69) is 20.7 Å². The summed E-state index contributed by atoms with van der Waals surface area (Å²) >= 11 is 0.960. The van der Waals surface area contributed by atoms with Crippen molar-refractivity contribution in [1.29, 1.82) is 0 Å². The minimum Gasteiger partial charge on any atom is -0.388 e. The Morgan fingerprint density at radius 2 is 2.14 bits per heavy atom. The van der Waals surface area contributed by atoms with Crippen LogP contribution in [-0.4, -0.2) is 25.4 Å².